The molecule has 1 aromatic heterocycles. The van der Waals surface area contributed by atoms with Crippen LogP contribution in [-0.2, 0) is 0 Å². The van der Waals surface area contributed by atoms with Crippen molar-refractivity contribution >= 4 is 17.5 Å². The van der Waals surface area contributed by atoms with Crippen LogP contribution in [0.1, 0.15) is 38.5 Å². The molecule has 2 aliphatic rings. The summed E-state index contributed by atoms with van der Waals surface area (Å²) in [5, 5.41) is 11.7. The van der Waals surface area contributed by atoms with Gasteiger partial charge in [0.1, 0.15) is 35.9 Å². The minimum Gasteiger partial charge on any atom is -0.488 e. The van der Waals surface area contributed by atoms with Gasteiger partial charge < -0.3 is 35.5 Å². The van der Waals surface area contributed by atoms with Crippen LogP contribution in [0.2, 0.25) is 0 Å². The number of piperidine rings is 1. The number of ether oxygens (including phenoxy) is 3. The second kappa shape index (κ2) is 12.2. The maximum Gasteiger partial charge on any atom is 0.573 e. The Morgan fingerprint density at radius 1 is 1.00 bits per heavy atom. The molecule has 1 saturated heterocycles. The molecule has 0 radical (unpaired) electrons. The fourth-order valence-corrected chi connectivity index (χ4v) is 4.38. The first kappa shape index (κ1) is 26.6. The van der Waals surface area contributed by atoms with E-state index in [1.165, 1.54) is 18.5 Å². The Labute approximate surface area is 212 Å². The molecule has 10 nitrogen and oxygen atoms in total. The molecule has 4 N–H and O–H groups in total. The quantitative estimate of drug-likeness (QED) is 0.408. The fourth-order valence-electron chi connectivity index (χ4n) is 4.38. The molecule has 37 heavy (non-hydrogen) atoms. The molecule has 0 atom stereocenters. The van der Waals surface area contributed by atoms with Gasteiger partial charge in [0.2, 0.25) is 5.88 Å². The number of halogens is 3. The molecule has 2 heterocycles. The van der Waals surface area contributed by atoms with Crippen molar-refractivity contribution < 1.29 is 32.2 Å². The SMILES string of the molecule is CNc1cc(OC2CCC(NC(=O)Nc3cc(OC(F)(F)F)ccc3OC3CCNCC3)CC2)ncn1. The third-order valence-corrected chi connectivity index (χ3v) is 6.21. The average Bonchev–Trinajstić information content (AvgIpc) is 2.86. The summed E-state index contributed by atoms with van der Waals surface area (Å²) >= 11 is 0. The summed E-state index contributed by atoms with van der Waals surface area (Å²) < 4.78 is 54.2. The lowest BCUT2D eigenvalue weighted by Gasteiger charge is -2.29. The molecule has 0 bridgehead atoms. The zero-order valence-corrected chi connectivity index (χ0v) is 20.4. The number of urea groups is 1. The molecule has 0 unspecified atom stereocenters. The van der Waals surface area contributed by atoms with E-state index in [0.717, 1.165) is 32.0 Å². The Morgan fingerprint density at radius 2 is 1.73 bits per heavy atom. The van der Waals surface area contributed by atoms with Gasteiger partial charge in [0.25, 0.3) is 0 Å². The van der Waals surface area contributed by atoms with Crippen molar-refractivity contribution in [3.63, 3.8) is 0 Å². The summed E-state index contributed by atoms with van der Waals surface area (Å²) in [7, 11) is 1.76. The summed E-state index contributed by atoms with van der Waals surface area (Å²) in [6.45, 7) is 1.56. The Morgan fingerprint density at radius 3 is 2.43 bits per heavy atom. The predicted molar refractivity (Wildman–Crippen MR) is 130 cm³/mol. The van der Waals surface area contributed by atoms with E-state index in [0.29, 0.717) is 43.1 Å². The Kier molecular flexibility index (Phi) is 8.74. The standard InChI is InChI=1S/C24H31F3N6O4/c1-28-21-13-22(31-14-30-21)36-16-4-2-15(3-5-16)32-23(34)33-19-12-18(37-24(25,26)27)6-7-20(19)35-17-8-10-29-11-9-17/h6-7,12-17,29H,2-5,8-11H2,1H3,(H,28,30,31)(H2,32,33,34). The largest absolute Gasteiger partial charge is 0.573 e. The van der Waals surface area contributed by atoms with Crippen molar-refractivity contribution in [2.24, 2.45) is 0 Å². The van der Waals surface area contributed by atoms with E-state index in [1.54, 1.807) is 13.1 Å². The van der Waals surface area contributed by atoms with Crippen LogP contribution < -0.4 is 35.5 Å². The van der Waals surface area contributed by atoms with Crippen LogP contribution in [0.4, 0.5) is 29.5 Å². The van der Waals surface area contributed by atoms with Gasteiger partial charge in [-0.3, -0.25) is 0 Å². The molecule has 202 valence electrons. The number of carbonyl (C=O) groups is 1. The van der Waals surface area contributed by atoms with Crippen molar-refractivity contribution in [1.82, 2.24) is 20.6 Å². The second-order valence-electron chi connectivity index (χ2n) is 8.95. The Hall–Kier alpha value is -3.48. The number of aromatic nitrogens is 2. The number of anilines is 2. The van der Waals surface area contributed by atoms with E-state index in [1.807, 2.05) is 0 Å². The molecule has 2 aromatic rings. The summed E-state index contributed by atoms with van der Waals surface area (Å²) in [6.07, 6.45) is 0.720. The maximum absolute atomic E-state index is 12.8. The van der Waals surface area contributed by atoms with Gasteiger partial charge in [0.15, 0.2) is 0 Å². The van der Waals surface area contributed by atoms with E-state index in [-0.39, 0.29) is 23.9 Å². The lowest BCUT2D eigenvalue weighted by atomic mass is 9.93. The number of amides is 2. The van der Waals surface area contributed by atoms with Crippen molar-refractivity contribution in [1.29, 1.82) is 0 Å². The highest BCUT2D eigenvalue weighted by Crippen LogP contribution is 2.34. The summed E-state index contributed by atoms with van der Waals surface area (Å²) in [6, 6.07) is 4.76. The smallest absolute Gasteiger partial charge is 0.488 e. The number of benzene rings is 1. The van der Waals surface area contributed by atoms with Crippen LogP contribution in [0.25, 0.3) is 0 Å². The van der Waals surface area contributed by atoms with Crippen LogP contribution >= 0.6 is 0 Å². The van der Waals surface area contributed by atoms with Gasteiger partial charge in [-0.1, -0.05) is 0 Å². The molecule has 4 rings (SSSR count). The third kappa shape index (κ3) is 8.27. The zero-order valence-electron chi connectivity index (χ0n) is 20.4. The first-order valence-electron chi connectivity index (χ1n) is 12.3. The van der Waals surface area contributed by atoms with E-state index in [4.69, 9.17) is 9.47 Å². The van der Waals surface area contributed by atoms with Gasteiger partial charge in [0.05, 0.1) is 5.69 Å². The van der Waals surface area contributed by atoms with Gasteiger partial charge in [-0.05, 0) is 63.7 Å². The minimum atomic E-state index is -4.85. The van der Waals surface area contributed by atoms with Crippen LogP contribution in [0.3, 0.4) is 0 Å². The van der Waals surface area contributed by atoms with Crippen LogP contribution in [0.5, 0.6) is 17.4 Å². The maximum atomic E-state index is 12.8. The Balaban J connectivity index is 1.33. The Bertz CT molecular complexity index is 1040. The van der Waals surface area contributed by atoms with Crippen LogP contribution in [0.15, 0.2) is 30.6 Å². The lowest BCUT2D eigenvalue weighted by molar-refractivity contribution is -0.274. The van der Waals surface area contributed by atoms with Gasteiger partial charge >= 0.3 is 12.4 Å². The fraction of sp³-hybridized carbons (Fsp3) is 0.542. The summed E-state index contributed by atoms with van der Waals surface area (Å²) in [5.74, 6) is 0.990. The first-order chi connectivity index (χ1) is 17.8. The van der Waals surface area contributed by atoms with E-state index in [9.17, 15) is 18.0 Å². The highest BCUT2D eigenvalue weighted by molar-refractivity contribution is 5.91. The number of hydrogen-bond acceptors (Lipinski definition) is 8. The molecular formula is C24H31F3N6O4. The molecule has 2 amide bonds. The second-order valence-corrected chi connectivity index (χ2v) is 8.95. The highest BCUT2D eigenvalue weighted by Gasteiger charge is 2.32. The molecule has 13 heteroatoms. The average molecular weight is 525 g/mol. The molecule has 2 fully saturated rings. The van der Waals surface area contributed by atoms with Crippen molar-refractivity contribution in [3.8, 4) is 17.4 Å². The summed E-state index contributed by atoms with van der Waals surface area (Å²) in [5.41, 5.74) is 0.110. The van der Waals surface area contributed by atoms with Crippen LogP contribution in [-0.4, -0.2) is 60.7 Å². The molecule has 1 aliphatic carbocycles. The normalized spacial score (nSPS) is 20.5. The number of carbonyl (C=O) groups excluding carboxylic acids is 1. The molecule has 1 aromatic carbocycles. The van der Waals surface area contributed by atoms with E-state index in [2.05, 4.69) is 36.0 Å². The summed E-state index contributed by atoms with van der Waals surface area (Å²) in [4.78, 5) is 20.9. The van der Waals surface area contributed by atoms with Gasteiger partial charge in [-0.25, -0.2) is 14.8 Å². The number of alkyl halides is 3. The van der Waals surface area contributed by atoms with Gasteiger partial charge in [0, 0.05) is 25.2 Å². The zero-order chi connectivity index (χ0) is 26.3. The van der Waals surface area contributed by atoms with Crippen LogP contribution in [0, 0.1) is 0 Å². The van der Waals surface area contributed by atoms with Gasteiger partial charge in [-0.15, -0.1) is 13.2 Å². The highest BCUT2D eigenvalue weighted by atomic mass is 19.4. The monoisotopic (exact) mass is 524 g/mol. The number of hydrogen-bond donors (Lipinski definition) is 4. The van der Waals surface area contributed by atoms with E-state index < -0.39 is 18.1 Å². The molecule has 1 saturated carbocycles. The number of nitrogens with one attached hydrogen (secondary N) is 4. The third-order valence-electron chi connectivity index (χ3n) is 6.21. The van der Waals surface area contributed by atoms with E-state index >= 15 is 0 Å². The lowest BCUT2D eigenvalue weighted by Crippen LogP contribution is -2.42. The predicted octanol–water partition coefficient (Wildman–Crippen LogP) is 4.06. The van der Waals surface area contributed by atoms with Crippen molar-refractivity contribution in [3.05, 3.63) is 30.6 Å². The molecular weight excluding hydrogens is 493 g/mol. The van der Waals surface area contributed by atoms with Crippen molar-refractivity contribution in [2.75, 3.05) is 30.8 Å². The minimum absolute atomic E-state index is 0.0399. The first-order valence-corrected chi connectivity index (χ1v) is 12.3. The number of nitrogens with zero attached hydrogens (tertiary/aromatic N) is 2. The van der Waals surface area contributed by atoms with Crippen molar-refractivity contribution in [2.45, 2.75) is 63.1 Å². The van der Waals surface area contributed by atoms with Gasteiger partial charge in [-0.2, -0.15) is 0 Å². The number of rotatable bonds is 8. The molecule has 1 aliphatic heterocycles. The topological polar surface area (TPSA) is 119 Å². The molecule has 0 spiro atoms.